The highest BCUT2D eigenvalue weighted by Gasteiger charge is 2.49. The predicted octanol–water partition coefficient (Wildman–Crippen LogP) is 4.10. The normalized spacial score (nSPS) is 15.3. The van der Waals surface area contributed by atoms with Gasteiger partial charge >= 0.3 is 0 Å². The molecule has 0 unspecified atom stereocenters. The summed E-state index contributed by atoms with van der Waals surface area (Å²) in [5.74, 6) is -0.149. The molecule has 0 aliphatic heterocycles. The summed E-state index contributed by atoms with van der Waals surface area (Å²) in [4.78, 5) is -1.66. The van der Waals surface area contributed by atoms with E-state index in [2.05, 4.69) is 20.8 Å². The molecule has 6 heteroatoms. The Bertz CT molecular complexity index is 552. The molecule has 0 fully saturated rings. The monoisotopic (exact) mass is 336 g/mol. The minimum absolute atomic E-state index is 0.0109. The molecule has 0 aromatic heterocycles. The minimum atomic E-state index is -4.98. The summed E-state index contributed by atoms with van der Waals surface area (Å²) in [6.07, 6.45) is 0. The average molecular weight is 337 g/mol. The summed E-state index contributed by atoms with van der Waals surface area (Å²) >= 11 is 5.51. The molecule has 0 saturated heterocycles. The zero-order valence-corrected chi connectivity index (χ0v) is 14.8. The molecule has 0 amide bonds. The van der Waals surface area contributed by atoms with Crippen molar-refractivity contribution in [1.82, 2.24) is 0 Å². The lowest BCUT2D eigenvalue weighted by molar-refractivity contribution is 0.155. The molecule has 1 aromatic carbocycles. The van der Waals surface area contributed by atoms with E-state index in [1.54, 1.807) is 12.1 Å². The van der Waals surface area contributed by atoms with Crippen LogP contribution in [0.1, 0.15) is 40.2 Å². The number of rotatable bonds is 5. The van der Waals surface area contributed by atoms with Crippen LogP contribution in [0.5, 0.6) is 5.75 Å². The average Bonchev–Trinajstić information content (AvgIpc) is 2.26. The number of hydrogen-bond acceptors (Lipinski definition) is 2. The SMILES string of the molecule is CC(C)(C)c1ccc(OC(C)(C)S(=O)(O)(O)CCCl)cc1. The van der Waals surface area contributed by atoms with E-state index in [0.717, 1.165) is 5.56 Å². The van der Waals surface area contributed by atoms with E-state index in [4.69, 9.17) is 16.3 Å². The summed E-state index contributed by atoms with van der Waals surface area (Å²) in [7, 11) is -4.98. The lowest BCUT2D eigenvalue weighted by Gasteiger charge is -2.44. The second-order valence-corrected chi connectivity index (χ2v) is 10.5. The van der Waals surface area contributed by atoms with Crippen LogP contribution >= 0.6 is 11.6 Å². The highest BCUT2D eigenvalue weighted by Crippen LogP contribution is 2.36. The Balaban J connectivity index is 3.03. The molecule has 0 bridgehead atoms. The third kappa shape index (κ3) is 4.19. The first kappa shape index (κ1) is 18.4. The van der Waals surface area contributed by atoms with E-state index >= 15 is 0 Å². The molecule has 122 valence electrons. The Hall–Kier alpha value is -0.620. The lowest BCUT2D eigenvalue weighted by Crippen LogP contribution is -2.57. The first-order valence-electron chi connectivity index (χ1n) is 6.77. The molecule has 0 saturated carbocycles. The molecule has 2 N–H and O–H groups in total. The lowest BCUT2D eigenvalue weighted by atomic mass is 9.87. The zero-order chi connectivity index (χ0) is 16.6. The number of ether oxygens (including phenoxy) is 1. The van der Waals surface area contributed by atoms with Crippen LogP contribution in [0, 0.1) is 0 Å². The fraction of sp³-hybridized carbons (Fsp3) is 0.600. The third-order valence-electron chi connectivity index (χ3n) is 3.52. The van der Waals surface area contributed by atoms with Gasteiger partial charge in [0.05, 0.1) is 5.75 Å². The van der Waals surface area contributed by atoms with Gasteiger partial charge in [0.2, 0.25) is 0 Å². The van der Waals surface area contributed by atoms with Crippen molar-refractivity contribution in [2.45, 2.75) is 45.0 Å². The highest BCUT2D eigenvalue weighted by atomic mass is 35.5. The summed E-state index contributed by atoms with van der Waals surface area (Å²) < 4.78 is 38.0. The maximum Gasteiger partial charge on any atom is 0.199 e. The van der Waals surface area contributed by atoms with Gasteiger partial charge in [-0.15, -0.1) is 11.6 Å². The molecule has 4 nitrogen and oxygen atoms in total. The molecule has 0 aliphatic carbocycles. The smallest absolute Gasteiger partial charge is 0.199 e. The molecule has 21 heavy (non-hydrogen) atoms. The topological polar surface area (TPSA) is 66.8 Å². The number of halogens is 1. The molecule has 0 spiro atoms. The van der Waals surface area contributed by atoms with Gasteiger partial charge in [0.15, 0.2) is 4.93 Å². The van der Waals surface area contributed by atoms with E-state index in [-0.39, 0.29) is 11.3 Å². The van der Waals surface area contributed by atoms with E-state index < -0.39 is 20.3 Å². The van der Waals surface area contributed by atoms with Crippen molar-refractivity contribution in [3.8, 4) is 5.75 Å². The van der Waals surface area contributed by atoms with Crippen LogP contribution < -0.4 is 4.74 Å². The molecule has 1 rings (SSSR count). The Morgan fingerprint density at radius 1 is 1.10 bits per heavy atom. The second kappa shape index (κ2) is 5.54. The molecular weight excluding hydrogens is 312 g/mol. The summed E-state index contributed by atoms with van der Waals surface area (Å²) in [5.41, 5.74) is 1.14. The van der Waals surface area contributed by atoms with Crippen molar-refractivity contribution < 1.29 is 18.1 Å². The van der Waals surface area contributed by atoms with Crippen LogP contribution in [0.15, 0.2) is 24.3 Å². The van der Waals surface area contributed by atoms with Crippen molar-refractivity contribution in [2.75, 3.05) is 11.6 Å². The summed E-state index contributed by atoms with van der Waals surface area (Å²) in [6.45, 7) is 9.05. The summed E-state index contributed by atoms with van der Waals surface area (Å²) in [6, 6.07) is 7.26. The van der Waals surface area contributed by atoms with Crippen LogP contribution in [0.2, 0.25) is 0 Å². The third-order valence-corrected chi connectivity index (χ3v) is 6.93. The molecule has 1 aromatic rings. The number of alkyl halides is 1. The molecule has 0 radical (unpaired) electrons. The van der Waals surface area contributed by atoms with E-state index in [1.165, 1.54) is 13.8 Å². The van der Waals surface area contributed by atoms with Gasteiger partial charge in [0.1, 0.15) is 15.4 Å². The highest BCUT2D eigenvalue weighted by molar-refractivity contribution is 8.11. The second-order valence-electron chi connectivity index (χ2n) is 6.69. The van der Waals surface area contributed by atoms with Crippen molar-refractivity contribution in [3.05, 3.63) is 29.8 Å². The standard InChI is InChI=1S/C15H25ClO4S/c1-14(2,3)12-6-8-13(9-7-12)20-15(4,5)21(17,18,19)11-10-16/h6-9H,10-11H2,1-5H3,(H2,17,18,19). The van der Waals surface area contributed by atoms with E-state index in [1.807, 2.05) is 12.1 Å². The van der Waals surface area contributed by atoms with Crippen molar-refractivity contribution in [2.24, 2.45) is 0 Å². The summed E-state index contributed by atoms with van der Waals surface area (Å²) in [5, 5.41) is 0. The predicted molar refractivity (Wildman–Crippen MR) is 88.8 cm³/mol. The maximum absolute atomic E-state index is 12.3. The van der Waals surface area contributed by atoms with Crippen molar-refractivity contribution in [3.63, 3.8) is 0 Å². The van der Waals surface area contributed by atoms with Gasteiger partial charge in [-0.1, -0.05) is 32.9 Å². The van der Waals surface area contributed by atoms with Gasteiger partial charge in [0, 0.05) is 5.88 Å². The number of benzene rings is 1. The van der Waals surface area contributed by atoms with Gasteiger partial charge in [0.25, 0.3) is 0 Å². The maximum atomic E-state index is 12.3. The molecule has 0 atom stereocenters. The Kier molecular flexibility index (Phi) is 4.86. The van der Waals surface area contributed by atoms with Gasteiger partial charge in [-0.25, -0.2) is 4.21 Å². The van der Waals surface area contributed by atoms with Crippen LogP contribution in [0.3, 0.4) is 0 Å². The van der Waals surface area contributed by atoms with E-state index in [0.29, 0.717) is 5.75 Å². The van der Waals surface area contributed by atoms with Crippen molar-refractivity contribution in [1.29, 1.82) is 0 Å². The van der Waals surface area contributed by atoms with Gasteiger partial charge in [-0.3, -0.25) is 0 Å². The van der Waals surface area contributed by atoms with Gasteiger partial charge in [-0.2, -0.15) is 0 Å². The fourth-order valence-electron chi connectivity index (χ4n) is 1.78. The quantitative estimate of drug-likeness (QED) is 0.794. The van der Waals surface area contributed by atoms with E-state index in [9.17, 15) is 13.3 Å². The van der Waals surface area contributed by atoms with Gasteiger partial charge < -0.3 is 13.8 Å². The van der Waals surface area contributed by atoms with Crippen LogP contribution in [0.25, 0.3) is 0 Å². The first-order valence-corrected chi connectivity index (χ1v) is 9.36. The minimum Gasteiger partial charge on any atom is -0.472 e. The molecule has 0 heterocycles. The van der Waals surface area contributed by atoms with Crippen LogP contribution in [0.4, 0.5) is 0 Å². The van der Waals surface area contributed by atoms with Crippen LogP contribution in [-0.2, 0) is 15.0 Å². The molecular formula is C15H25ClO4S. The fourth-order valence-corrected chi connectivity index (χ4v) is 3.64. The number of hydrogen-bond donors (Lipinski definition) is 2. The van der Waals surface area contributed by atoms with Gasteiger partial charge in [-0.05, 0) is 37.0 Å². The Labute approximate surface area is 131 Å². The molecule has 0 aliphatic rings. The Morgan fingerprint density at radius 2 is 1.57 bits per heavy atom. The first-order chi connectivity index (χ1) is 9.27. The van der Waals surface area contributed by atoms with Crippen molar-refractivity contribution >= 4 is 21.2 Å². The Morgan fingerprint density at radius 3 is 1.95 bits per heavy atom. The largest absolute Gasteiger partial charge is 0.472 e. The van der Waals surface area contributed by atoms with Crippen LogP contribution in [-0.4, -0.2) is 29.9 Å². The zero-order valence-electron chi connectivity index (χ0n) is 13.2.